The smallest absolute Gasteiger partial charge is 0.236 e. The van der Waals surface area contributed by atoms with Gasteiger partial charge in [-0.3, -0.25) is 4.72 Å². The number of aryl methyl sites for hydroxylation is 1. The van der Waals surface area contributed by atoms with Gasteiger partial charge >= 0.3 is 0 Å². The summed E-state index contributed by atoms with van der Waals surface area (Å²) in [6, 6.07) is 12.4. The van der Waals surface area contributed by atoms with Gasteiger partial charge in [0.25, 0.3) is 0 Å². The zero-order valence-electron chi connectivity index (χ0n) is 11.4. The number of fused-ring (bicyclic) bond motifs is 1. The van der Waals surface area contributed by atoms with Gasteiger partial charge in [-0.15, -0.1) is 0 Å². The maximum absolute atomic E-state index is 12.2. The molecule has 2 aromatic carbocycles. The molecular formula is C15H14N2O3S. The summed E-state index contributed by atoms with van der Waals surface area (Å²) in [6.45, 7) is 1.89. The highest BCUT2D eigenvalue weighted by molar-refractivity contribution is 7.91. The van der Waals surface area contributed by atoms with E-state index in [-0.39, 0.29) is 5.75 Å². The van der Waals surface area contributed by atoms with Gasteiger partial charge < -0.3 is 4.42 Å². The van der Waals surface area contributed by atoms with Crippen LogP contribution in [0.5, 0.6) is 0 Å². The van der Waals surface area contributed by atoms with Gasteiger partial charge in [0.1, 0.15) is 5.52 Å². The zero-order valence-corrected chi connectivity index (χ0v) is 12.2. The minimum absolute atomic E-state index is 0.0614. The summed E-state index contributed by atoms with van der Waals surface area (Å²) >= 11 is 0. The van der Waals surface area contributed by atoms with E-state index in [9.17, 15) is 8.42 Å². The van der Waals surface area contributed by atoms with Crippen LogP contribution in [0.15, 0.2) is 53.3 Å². The minimum Gasteiger partial charge on any atom is -0.443 e. The van der Waals surface area contributed by atoms with Crippen LogP contribution in [0.3, 0.4) is 0 Å². The van der Waals surface area contributed by atoms with Crippen LogP contribution in [0.1, 0.15) is 11.1 Å². The molecule has 3 rings (SSSR count). The number of rotatable bonds is 4. The van der Waals surface area contributed by atoms with E-state index in [1.54, 1.807) is 18.2 Å². The second-order valence-corrected chi connectivity index (χ2v) is 6.54. The van der Waals surface area contributed by atoms with Crippen molar-refractivity contribution in [3.63, 3.8) is 0 Å². The van der Waals surface area contributed by atoms with E-state index in [1.807, 2.05) is 31.2 Å². The molecule has 0 saturated carbocycles. The van der Waals surface area contributed by atoms with Crippen molar-refractivity contribution in [2.45, 2.75) is 12.7 Å². The van der Waals surface area contributed by atoms with E-state index < -0.39 is 10.0 Å². The Morgan fingerprint density at radius 1 is 1.19 bits per heavy atom. The van der Waals surface area contributed by atoms with E-state index in [1.165, 1.54) is 6.39 Å². The molecule has 21 heavy (non-hydrogen) atoms. The minimum atomic E-state index is -3.47. The summed E-state index contributed by atoms with van der Waals surface area (Å²) < 4.78 is 32.2. The van der Waals surface area contributed by atoms with Gasteiger partial charge in [-0.25, -0.2) is 13.4 Å². The topological polar surface area (TPSA) is 72.2 Å². The van der Waals surface area contributed by atoms with E-state index in [2.05, 4.69) is 9.71 Å². The van der Waals surface area contributed by atoms with Crippen molar-refractivity contribution in [1.82, 2.24) is 4.98 Å². The predicted octanol–water partition coefficient (Wildman–Crippen LogP) is 3.08. The van der Waals surface area contributed by atoms with Crippen molar-refractivity contribution in [3.8, 4) is 0 Å². The molecule has 0 aliphatic carbocycles. The van der Waals surface area contributed by atoms with Crippen LogP contribution in [-0.4, -0.2) is 13.4 Å². The molecule has 0 unspecified atom stereocenters. The first kappa shape index (κ1) is 13.6. The Bertz CT molecular complexity index is 885. The van der Waals surface area contributed by atoms with Gasteiger partial charge in [0.15, 0.2) is 12.0 Å². The van der Waals surface area contributed by atoms with E-state index in [4.69, 9.17) is 4.42 Å². The van der Waals surface area contributed by atoms with Crippen LogP contribution in [0, 0.1) is 6.92 Å². The normalized spacial score (nSPS) is 11.7. The summed E-state index contributed by atoms with van der Waals surface area (Å²) in [5.41, 5.74) is 3.44. The lowest BCUT2D eigenvalue weighted by Gasteiger charge is -2.09. The first-order chi connectivity index (χ1) is 10.0. The first-order valence-corrected chi connectivity index (χ1v) is 8.07. The van der Waals surface area contributed by atoms with Crippen molar-refractivity contribution in [1.29, 1.82) is 0 Å². The van der Waals surface area contributed by atoms with Crippen molar-refractivity contribution in [2.75, 3.05) is 4.72 Å². The number of benzene rings is 2. The van der Waals surface area contributed by atoms with Gasteiger partial charge in [0.05, 0.1) is 11.4 Å². The Hall–Kier alpha value is -2.34. The van der Waals surface area contributed by atoms with Crippen molar-refractivity contribution in [2.24, 2.45) is 0 Å². The Morgan fingerprint density at radius 3 is 2.81 bits per heavy atom. The van der Waals surface area contributed by atoms with Crippen LogP contribution in [0.2, 0.25) is 0 Å². The molecule has 1 aromatic heterocycles. The first-order valence-electron chi connectivity index (χ1n) is 6.42. The Kier molecular flexibility index (Phi) is 3.39. The summed E-state index contributed by atoms with van der Waals surface area (Å²) in [4.78, 5) is 3.99. The zero-order chi connectivity index (χ0) is 14.9. The number of sulfonamides is 1. The fourth-order valence-electron chi connectivity index (χ4n) is 2.11. The second-order valence-electron chi connectivity index (χ2n) is 4.82. The van der Waals surface area contributed by atoms with Crippen LogP contribution in [0.25, 0.3) is 11.1 Å². The number of aromatic nitrogens is 1. The van der Waals surface area contributed by atoms with E-state index >= 15 is 0 Å². The third kappa shape index (κ3) is 3.05. The molecule has 1 heterocycles. The Balaban J connectivity index is 1.84. The maximum Gasteiger partial charge on any atom is 0.236 e. The number of hydrogen-bond acceptors (Lipinski definition) is 4. The van der Waals surface area contributed by atoms with Crippen LogP contribution in [-0.2, 0) is 15.8 Å². The van der Waals surface area contributed by atoms with Crippen molar-refractivity contribution < 1.29 is 12.8 Å². The molecule has 3 aromatic rings. The predicted molar refractivity (Wildman–Crippen MR) is 81.4 cm³/mol. The van der Waals surface area contributed by atoms with Crippen LogP contribution >= 0.6 is 0 Å². The second kappa shape index (κ2) is 5.21. The molecule has 0 saturated heterocycles. The highest BCUT2D eigenvalue weighted by Gasteiger charge is 2.13. The Labute approximate surface area is 122 Å². The molecule has 0 bridgehead atoms. The molecule has 6 heteroatoms. The fourth-order valence-corrected chi connectivity index (χ4v) is 3.40. The molecule has 108 valence electrons. The molecule has 0 radical (unpaired) electrons. The molecule has 0 fully saturated rings. The monoisotopic (exact) mass is 302 g/mol. The number of hydrogen-bond donors (Lipinski definition) is 1. The van der Waals surface area contributed by atoms with Crippen molar-refractivity contribution >= 4 is 26.8 Å². The van der Waals surface area contributed by atoms with E-state index in [0.717, 1.165) is 11.1 Å². The summed E-state index contributed by atoms with van der Waals surface area (Å²) in [5, 5.41) is 0. The Morgan fingerprint density at radius 2 is 2.00 bits per heavy atom. The fraction of sp³-hybridized carbons (Fsp3) is 0.133. The molecule has 0 atom stereocenters. The highest BCUT2D eigenvalue weighted by Crippen LogP contribution is 2.20. The molecular weight excluding hydrogens is 288 g/mol. The molecule has 0 aliphatic rings. The van der Waals surface area contributed by atoms with Crippen LogP contribution < -0.4 is 4.72 Å². The average molecular weight is 302 g/mol. The number of oxazole rings is 1. The van der Waals surface area contributed by atoms with Crippen molar-refractivity contribution in [3.05, 3.63) is 60.0 Å². The summed E-state index contributed by atoms with van der Waals surface area (Å²) in [7, 11) is -3.47. The lowest BCUT2D eigenvalue weighted by Crippen LogP contribution is -2.15. The van der Waals surface area contributed by atoms with Crippen LogP contribution in [0.4, 0.5) is 5.69 Å². The maximum atomic E-state index is 12.2. The third-order valence-corrected chi connectivity index (χ3v) is 4.45. The molecule has 1 N–H and O–H groups in total. The van der Waals surface area contributed by atoms with Gasteiger partial charge in [0, 0.05) is 6.07 Å². The number of nitrogens with one attached hydrogen (secondary N) is 1. The summed E-state index contributed by atoms with van der Waals surface area (Å²) in [6.07, 6.45) is 1.33. The van der Waals surface area contributed by atoms with Gasteiger partial charge in [-0.1, -0.05) is 24.3 Å². The number of anilines is 1. The molecule has 0 spiro atoms. The van der Waals surface area contributed by atoms with Gasteiger partial charge in [0.2, 0.25) is 10.0 Å². The van der Waals surface area contributed by atoms with E-state index in [0.29, 0.717) is 16.8 Å². The average Bonchev–Trinajstić information content (AvgIpc) is 2.88. The quantitative estimate of drug-likeness (QED) is 0.804. The lowest BCUT2D eigenvalue weighted by molar-refractivity contribution is 0.600. The molecule has 0 amide bonds. The third-order valence-electron chi connectivity index (χ3n) is 3.21. The standard InChI is InChI=1S/C15H14N2O3S/c1-11-4-2-3-5-12(11)9-21(18,19)17-13-6-7-14-15(8-13)20-10-16-14/h2-8,10,17H,9H2,1H3. The van der Waals surface area contributed by atoms with Gasteiger partial charge in [-0.2, -0.15) is 0 Å². The highest BCUT2D eigenvalue weighted by atomic mass is 32.2. The molecule has 5 nitrogen and oxygen atoms in total. The lowest BCUT2D eigenvalue weighted by atomic mass is 10.1. The largest absolute Gasteiger partial charge is 0.443 e. The molecule has 0 aliphatic heterocycles. The van der Waals surface area contributed by atoms with Gasteiger partial charge in [-0.05, 0) is 30.2 Å². The SMILES string of the molecule is Cc1ccccc1CS(=O)(=O)Nc1ccc2ncoc2c1. The number of nitrogens with zero attached hydrogens (tertiary/aromatic N) is 1. The summed E-state index contributed by atoms with van der Waals surface area (Å²) in [5.74, 6) is -0.0614.